The molecule has 0 amide bonds. The van der Waals surface area contributed by atoms with Gasteiger partial charge in [-0.3, -0.25) is 5.21 Å². The van der Waals surface area contributed by atoms with Crippen LogP contribution in [0.15, 0.2) is 0 Å². The van der Waals surface area contributed by atoms with Gasteiger partial charge in [-0.1, -0.05) is 0 Å². The van der Waals surface area contributed by atoms with Crippen LogP contribution in [0.4, 0.5) is 0 Å². The van der Waals surface area contributed by atoms with E-state index in [2.05, 4.69) is 0 Å². The number of rotatable bonds is 2. The first-order valence-electron chi connectivity index (χ1n) is 1.16. The zero-order chi connectivity index (χ0) is 6.73. The molecule has 0 saturated carbocycles. The fourth-order valence-electron chi connectivity index (χ4n) is 0.0426. The average molecular weight is 349 g/mol. The predicted octanol–water partition coefficient (Wildman–Crippen LogP) is 0.902. The third-order valence-electron chi connectivity index (χ3n) is 0.228. The molecule has 0 aliphatic rings. The van der Waals surface area contributed by atoms with Gasteiger partial charge >= 0.3 is 40.1 Å². The number of hydrogen-bond donors (Lipinski definition) is 1. The van der Waals surface area contributed by atoms with Crippen molar-refractivity contribution in [3.63, 3.8) is 0 Å². The highest BCUT2D eigenvalue weighted by Crippen LogP contribution is 2.24. The molecule has 0 aromatic rings. The Morgan fingerprint density at radius 1 is 1.00 bits per heavy atom. The van der Waals surface area contributed by atoms with Crippen LogP contribution in [-0.2, 0) is 12.3 Å². The predicted molar refractivity (Wildman–Crippen MR) is 34.4 cm³/mol. The number of nitrogens with zero attached hydrogens (tertiary/aromatic N) is 1. The smallest absolute Gasteiger partial charge is 0.287 e. The van der Waals surface area contributed by atoms with E-state index in [0.29, 0.717) is 0 Å². The van der Waals surface area contributed by atoms with Crippen LogP contribution in [0.1, 0.15) is 0 Å². The Bertz CT molecular complexity index is 160. The molecular weight excluding hydrogens is 348 g/mol. The first-order valence-corrected chi connectivity index (χ1v) is 6.61. The van der Waals surface area contributed by atoms with Gasteiger partial charge in [0.1, 0.15) is 0 Å². The number of halogens is 2. The van der Waals surface area contributed by atoms with Gasteiger partial charge in [-0.25, -0.2) is 12.3 Å². The lowest BCUT2D eigenvalue weighted by molar-refractivity contribution is 0.162. The highest BCUT2D eigenvalue weighted by atomic mass is 127. The van der Waals surface area contributed by atoms with Crippen molar-refractivity contribution in [1.82, 2.24) is 1.49 Å². The van der Waals surface area contributed by atoms with Crippen molar-refractivity contribution in [2.24, 2.45) is 0 Å². The number of hydrogen-bond acceptors (Lipinski definition) is 5. The minimum absolute atomic E-state index is 0.576. The van der Waals surface area contributed by atoms with E-state index in [1.165, 1.54) is 0 Å². The van der Waals surface area contributed by atoms with Crippen LogP contribution in [0.5, 0.6) is 0 Å². The SMILES string of the molecule is O=I(=O)N(O)I(=O)=O. The van der Waals surface area contributed by atoms with Gasteiger partial charge < -0.3 is 0 Å². The Balaban J connectivity index is 4.27. The van der Waals surface area contributed by atoms with Crippen molar-refractivity contribution in [2.45, 2.75) is 0 Å². The fourth-order valence-corrected chi connectivity index (χ4v) is 1.92. The summed E-state index contributed by atoms with van der Waals surface area (Å²) in [7, 11) is 0. The Labute approximate surface area is 58.8 Å². The lowest BCUT2D eigenvalue weighted by atomic mass is 13.6. The molecule has 8 heteroatoms. The summed E-state index contributed by atoms with van der Waals surface area (Å²) in [5, 5.41) is 7.93. The molecule has 50 valence electrons. The molecule has 0 fully saturated rings. The van der Waals surface area contributed by atoms with Crippen molar-refractivity contribution in [2.75, 3.05) is 0 Å². The van der Waals surface area contributed by atoms with Crippen molar-refractivity contribution >= 4 is 40.1 Å². The summed E-state index contributed by atoms with van der Waals surface area (Å²) in [5.41, 5.74) is 0. The second-order valence-electron chi connectivity index (χ2n) is 0.617. The highest BCUT2D eigenvalue weighted by Gasteiger charge is 2.09. The van der Waals surface area contributed by atoms with E-state index < -0.39 is 41.6 Å². The van der Waals surface area contributed by atoms with E-state index in [-0.39, 0.29) is 0 Å². The molecule has 1 N–H and O–H groups in total. The van der Waals surface area contributed by atoms with E-state index in [1.54, 1.807) is 0 Å². The maximum absolute atomic E-state index is 9.58. The monoisotopic (exact) mass is 349 g/mol. The van der Waals surface area contributed by atoms with Crippen molar-refractivity contribution in [1.29, 1.82) is 0 Å². The Hall–Kier alpha value is 0.580. The lowest BCUT2D eigenvalue weighted by Gasteiger charge is -1.83. The molecule has 0 aliphatic carbocycles. The summed E-state index contributed by atoms with van der Waals surface area (Å²) in [6.45, 7) is 0. The van der Waals surface area contributed by atoms with Crippen LogP contribution in [-0.4, -0.2) is 6.70 Å². The summed E-state index contributed by atoms with van der Waals surface area (Å²) in [6.07, 6.45) is 0. The summed E-state index contributed by atoms with van der Waals surface area (Å²) < 4.78 is 37.8. The maximum Gasteiger partial charge on any atom is 0.430 e. The van der Waals surface area contributed by atoms with Gasteiger partial charge in [0.2, 0.25) is 0 Å². The summed E-state index contributed by atoms with van der Waals surface area (Å²) in [4.78, 5) is 0. The van der Waals surface area contributed by atoms with E-state index in [1.807, 2.05) is 0 Å². The zero-order valence-corrected chi connectivity index (χ0v) is 7.60. The van der Waals surface area contributed by atoms with Gasteiger partial charge in [0, 0.05) is 1.49 Å². The van der Waals surface area contributed by atoms with Crippen LogP contribution < -0.4 is 0 Å². The standard InChI is InChI=1S/HI2NO5/c4-1(5)3(8)2(6)7/h8H. The van der Waals surface area contributed by atoms with Crippen molar-refractivity contribution in [3.05, 3.63) is 0 Å². The normalized spacial score (nSPS) is 11.5. The topological polar surface area (TPSA) is 91.8 Å². The Morgan fingerprint density at radius 2 is 1.25 bits per heavy atom. The molecular formula is HI2NO5. The Kier molecular flexibility index (Phi) is 3.84. The average Bonchev–Trinajstić information content (AvgIpc) is 1.64. The molecule has 0 bridgehead atoms. The molecule has 8 heavy (non-hydrogen) atoms. The summed E-state index contributed by atoms with van der Waals surface area (Å²) in [5.74, 6) is 0. The van der Waals surface area contributed by atoms with Crippen molar-refractivity contribution < 1.29 is 17.5 Å². The molecule has 0 radical (unpaired) electrons. The van der Waals surface area contributed by atoms with E-state index in [0.717, 1.165) is 0 Å². The second-order valence-corrected chi connectivity index (χ2v) is 6.59. The zero-order valence-electron chi connectivity index (χ0n) is 3.28. The molecule has 0 aromatic carbocycles. The van der Waals surface area contributed by atoms with E-state index >= 15 is 0 Å². The maximum atomic E-state index is 9.58. The van der Waals surface area contributed by atoms with Crippen LogP contribution >= 0.6 is 40.1 Å². The second kappa shape index (κ2) is 3.58. The Morgan fingerprint density at radius 3 is 1.25 bits per heavy atom. The van der Waals surface area contributed by atoms with Crippen LogP contribution in [0.2, 0.25) is 0 Å². The van der Waals surface area contributed by atoms with E-state index in [9.17, 15) is 12.3 Å². The molecule has 0 spiro atoms. The molecule has 0 atom stereocenters. The van der Waals surface area contributed by atoms with Gasteiger partial charge in [0.15, 0.2) is 0 Å². The van der Waals surface area contributed by atoms with Crippen LogP contribution in [0.25, 0.3) is 0 Å². The van der Waals surface area contributed by atoms with E-state index in [4.69, 9.17) is 5.21 Å². The quantitative estimate of drug-likeness (QED) is 0.453. The van der Waals surface area contributed by atoms with Gasteiger partial charge in [-0.15, -0.1) is 0 Å². The fraction of sp³-hybridized carbons (Fsp3) is 0. The van der Waals surface area contributed by atoms with Gasteiger partial charge in [-0.05, 0) is 0 Å². The highest BCUT2D eigenvalue weighted by molar-refractivity contribution is 14.3. The van der Waals surface area contributed by atoms with Gasteiger partial charge in [-0.2, -0.15) is 0 Å². The van der Waals surface area contributed by atoms with Crippen LogP contribution in [0.3, 0.4) is 0 Å². The largest absolute Gasteiger partial charge is 0.430 e. The molecule has 0 heterocycles. The van der Waals surface area contributed by atoms with Gasteiger partial charge in [0.25, 0.3) is 0 Å². The molecule has 0 aliphatic heterocycles. The molecule has 0 rings (SSSR count). The third kappa shape index (κ3) is 2.78. The molecule has 0 aromatic heterocycles. The minimum Gasteiger partial charge on any atom is -0.287 e. The van der Waals surface area contributed by atoms with Crippen molar-refractivity contribution in [3.8, 4) is 0 Å². The summed E-state index contributed by atoms with van der Waals surface area (Å²) in [6, 6.07) is 0. The molecule has 0 saturated heterocycles. The molecule has 0 unspecified atom stereocenters. The van der Waals surface area contributed by atoms with Crippen LogP contribution in [0, 0.1) is 0 Å². The minimum atomic E-state index is -4.14. The molecule has 6 nitrogen and oxygen atoms in total. The lowest BCUT2D eigenvalue weighted by Crippen LogP contribution is -1.87. The first-order chi connectivity index (χ1) is 3.55. The van der Waals surface area contributed by atoms with Gasteiger partial charge in [0.05, 0.1) is 0 Å². The summed E-state index contributed by atoms with van der Waals surface area (Å²) >= 11 is -8.28. The third-order valence-corrected chi connectivity index (χ3v) is 5.52. The first kappa shape index (κ1) is 8.58.